The van der Waals surface area contributed by atoms with Crippen molar-refractivity contribution < 1.29 is 17.3 Å². The minimum atomic E-state index is -3.87. The molecule has 7 nitrogen and oxygen atoms in total. The summed E-state index contributed by atoms with van der Waals surface area (Å²) in [5.74, 6) is -0.370. The molecule has 0 aliphatic carbocycles. The van der Waals surface area contributed by atoms with E-state index in [0.29, 0.717) is 12.1 Å². The van der Waals surface area contributed by atoms with Gasteiger partial charge in [-0.2, -0.15) is 4.98 Å². The fourth-order valence-corrected chi connectivity index (χ4v) is 3.08. The van der Waals surface area contributed by atoms with Crippen molar-refractivity contribution in [2.24, 2.45) is 0 Å². The molecule has 2 aromatic rings. The van der Waals surface area contributed by atoms with Crippen molar-refractivity contribution in [1.82, 2.24) is 20.2 Å². The molecule has 0 aliphatic rings. The van der Waals surface area contributed by atoms with Crippen molar-refractivity contribution >= 4 is 10.0 Å². The van der Waals surface area contributed by atoms with Crippen LogP contribution in [0.4, 0.5) is 4.39 Å². The van der Waals surface area contributed by atoms with Gasteiger partial charge in [0, 0.05) is 12.1 Å². The summed E-state index contributed by atoms with van der Waals surface area (Å²) in [6.07, 6.45) is 1.10. The van der Waals surface area contributed by atoms with Gasteiger partial charge >= 0.3 is 0 Å². The second kappa shape index (κ2) is 6.29. The van der Waals surface area contributed by atoms with E-state index >= 15 is 0 Å². The molecule has 0 spiro atoms. The van der Waals surface area contributed by atoms with Gasteiger partial charge in [0.15, 0.2) is 5.82 Å². The van der Waals surface area contributed by atoms with E-state index in [-0.39, 0.29) is 22.8 Å². The number of nitrogens with zero attached hydrogens (tertiary/aromatic N) is 2. The Bertz CT molecular complexity index is 716. The number of halogens is 1. The summed E-state index contributed by atoms with van der Waals surface area (Å²) < 4.78 is 45.2. The third-order valence-electron chi connectivity index (χ3n) is 2.85. The quantitative estimate of drug-likeness (QED) is 0.815. The fourth-order valence-electron chi connectivity index (χ4n) is 1.80. The van der Waals surface area contributed by atoms with E-state index in [1.807, 2.05) is 0 Å². The van der Waals surface area contributed by atoms with E-state index in [4.69, 9.17) is 0 Å². The second-order valence-electron chi connectivity index (χ2n) is 4.40. The molecule has 0 radical (unpaired) electrons. The van der Waals surface area contributed by atoms with Crippen LogP contribution in [0.3, 0.4) is 0 Å². The van der Waals surface area contributed by atoms with Crippen LogP contribution in [0.25, 0.3) is 0 Å². The molecule has 1 aromatic carbocycles. The molecular formula is C12H15FN4O3S. The number of benzene rings is 1. The zero-order valence-electron chi connectivity index (χ0n) is 11.6. The highest BCUT2D eigenvalue weighted by Crippen LogP contribution is 2.20. The molecule has 0 amide bonds. The number of hydrogen-bond donors (Lipinski definition) is 2. The van der Waals surface area contributed by atoms with Crippen LogP contribution in [0.5, 0.6) is 0 Å². The maximum atomic E-state index is 13.8. The maximum Gasteiger partial charge on any atom is 0.241 e. The molecular weight excluding hydrogens is 299 g/mol. The summed E-state index contributed by atoms with van der Waals surface area (Å²) in [4.78, 5) is 3.61. The Balaban J connectivity index is 2.30. The van der Waals surface area contributed by atoms with Crippen LogP contribution in [0.1, 0.15) is 17.0 Å². The van der Waals surface area contributed by atoms with Gasteiger partial charge in [-0.25, -0.2) is 17.5 Å². The van der Waals surface area contributed by atoms with Crippen molar-refractivity contribution in [2.45, 2.75) is 24.9 Å². The lowest BCUT2D eigenvalue weighted by molar-refractivity contribution is 0.409. The zero-order chi connectivity index (χ0) is 15.5. The van der Waals surface area contributed by atoms with Crippen molar-refractivity contribution in [1.29, 1.82) is 0 Å². The molecule has 0 atom stereocenters. The van der Waals surface area contributed by atoms with Crippen LogP contribution < -0.4 is 10.0 Å². The highest BCUT2D eigenvalue weighted by Gasteiger charge is 2.20. The molecule has 0 saturated carbocycles. The van der Waals surface area contributed by atoms with Gasteiger partial charge in [-0.3, -0.25) is 0 Å². The average Bonchev–Trinajstić information content (AvgIpc) is 2.94. The SMILES string of the molecule is CNCc1cc(F)c(C)c(S(=O)(=O)NCc2ncon2)c1. The third kappa shape index (κ3) is 3.63. The van der Waals surface area contributed by atoms with Gasteiger partial charge in [-0.15, -0.1) is 0 Å². The lowest BCUT2D eigenvalue weighted by atomic mass is 10.1. The summed E-state index contributed by atoms with van der Waals surface area (Å²) in [5.41, 5.74) is 0.607. The molecule has 21 heavy (non-hydrogen) atoms. The summed E-state index contributed by atoms with van der Waals surface area (Å²) in [5, 5.41) is 6.35. The molecule has 2 N–H and O–H groups in total. The molecule has 0 aliphatic heterocycles. The Morgan fingerprint density at radius 2 is 2.10 bits per heavy atom. The van der Waals surface area contributed by atoms with Crippen LogP contribution in [-0.2, 0) is 23.1 Å². The van der Waals surface area contributed by atoms with E-state index in [1.54, 1.807) is 7.05 Å². The average molecular weight is 314 g/mol. The Morgan fingerprint density at radius 1 is 1.33 bits per heavy atom. The zero-order valence-corrected chi connectivity index (χ0v) is 12.4. The van der Waals surface area contributed by atoms with Crippen molar-refractivity contribution in [2.75, 3.05) is 7.05 Å². The predicted octanol–water partition coefficient (Wildman–Crippen LogP) is 0.715. The first-order chi connectivity index (χ1) is 9.94. The molecule has 9 heteroatoms. The van der Waals surface area contributed by atoms with Crippen LogP contribution in [0.15, 0.2) is 27.9 Å². The number of hydrogen-bond acceptors (Lipinski definition) is 6. The molecule has 0 bridgehead atoms. The standard InChI is InChI=1S/C12H15FN4O3S/c1-8-10(13)3-9(5-14-2)4-11(8)21(18,19)16-6-12-15-7-20-17-12/h3-4,7,14,16H,5-6H2,1-2H3. The normalized spacial score (nSPS) is 11.8. The van der Waals surface area contributed by atoms with Crippen LogP contribution in [0, 0.1) is 12.7 Å². The van der Waals surface area contributed by atoms with Crippen molar-refractivity contribution in [3.63, 3.8) is 0 Å². The number of rotatable bonds is 6. The summed E-state index contributed by atoms with van der Waals surface area (Å²) in [7, 11) is -2.17. The predicted molar refractivity (Wildman–Crippen MR) is 72.2 cm³/mol. The molecule has 1 heterocycles. The Hall–Kier alpha value is -1.84. The molecule has 0 fully saturated rings. The minimum absolute atomic E-state index is 0.0652. The molecule has 0 unspecified atom stereocenters. The molecule has 1 aromatic heterocycles. The summed E-state index contributed by atoms with van der Waals surface area (Å²) in [6, 6.07) is 2.75. The van der Waals surface area contributed by atoms with Gasteiger partial charge < -0.3 is 9.84 Å². The monoisotopic (exact) mass is 314 g/mol. The van der Waals surface area contributed by atoms with Crippen molar-refractivity contribution in [3.05, 3.63) is 41.3 Å². The fraction of sp³-hybridized carbons (Fsp3) is 0.333. The number of nitrogens with one attached hydrogen (secondary N) is 2. The van der Waals surface area contributed by atoms with E-state index in [9.17, 15) is 12.8 Å². The summed E-state index contributed by atoms with van der Waals surface area (Å²) in [6.45, 7) is 1.65. The van der Waals surface area contributed by atoms with Gasteiger partial charge in [-0.1, -0.05) is 5.16 Å². The highest BCUT2D eigenvalue weighted by molar-refractivity contribution is 7.89. The first-order valence-electron chi connectivity index (χ1n) is 6.12. The number of sulfonamides is 1. The van der Waals surface area contributed by atoms with Gasteiger partial charge in [0.2, 0.25) is 16.4 Å². The van der Waals surface area contributed by atoms with Gasteiger partial charge in [-0.05, 0) is 31.7 Å². The lowest BCUT2D eigenvalue weighted by Crippen LogP contribution is -2.25. The molecule has 2 rings (SSSR count). The lowest BCUT2D eigenvalue weighted by Gasteiger charge is -2.11. The minimum Gasteiger partial charge on any atom is -0.343 e. The second-order valence-corrected chi connectivity index (χ2v) is 6.14. The Kier molecular flexibility index (Phi) is 4.66. The first-order valence-corrected chi connectivity index (χ1v) is 7.61. The third-order valence-corrected chi connectivity index (χ3v) is 4.38. The van der Waals surface area contributed by atoms with E-state index in [0.717, 1.165) is 6.39 Å². The van der Waals surface area contributed by atoms with Gasteiger partial charge in [0.1, 0.15) is 5.82 Å². The number of aromatic nitrogens is 2. The largest absolute Gasteiger partial charge is 0.343 e. The van der Waals surface area contributed by atoms with Gasteiger partial charge in [0.25, 0.3) is 0 Å². The summed E-state index contributed by atoms with van der Waals surface area (Å²) >= 11 is 0. The van der Waals surface area contributed by atoms with Crippen molar-refractivity contribution in [3.8, 4) is 0 Å². The van der Waals surface area contributed by atoms with E-state index < -0.39 is 15.8 Å². The van der Waals surface area contributed by atoms with Crippen LogP contribution >= 0.6 is 0 Å². The Labute approximate surface area is 121 Å². The smallest absolute Gasteiger partial charge is 0.241 e. The maximum absolute atomic E-state index is 13.8. The first kappa shape index (κ1) is 15.5. The Morgan fingerprint density at radius 3 is 2.71 bits per heavy atom. The topological polar surface area (TPSA) is 97.1 Å². The van der Waals surface area contributed by atoms with Crippen LogP contribution in [-0.4, -0.2) is 25.6 Å². The van der Waals surface area contributed by atoms with E-state index in [1.165, 1.54) is 19.1 Å². The van der Waals surface area contributed by atoms with Crippen LogP contribution in [0.2, 0.25) is 0 Å². The molecule has 0 saturated heterocycles. The van der Waals surface area contributed by atoms with E-state index in [2.05, 4.69) is 24.7 Å². The molecule has 114 valence electrons. The highest BCUT2D eigenvalue weighted by atomic mass is 32.2. The van der Waals surface area contributed by atoms with Gasteiger partial charge in [0.05, 0.1) is 11.4 Å².